The van der Waals surface area contributed by atoms with Crippen LogP contribution in [0.25, 0.3) is 0 Å². The molecular weight excluding hydrogens is 418 g/mol. The number of ketones is 1. The van der Waals surface area contributed by atoms with Crippen LogP contribution in [0.3, 0.4) is 0 Å². The van der Waals surface area contributed by atoms with E-state index in [4.69, 9.17) is 5.10 Å². The summed E-state index contributed by atoms with van der Waals surface area (Å²) >= 11 is 0. The van der Waals surface area contributed by atoms with E-state index in [0.717, 1.165) is 35.5 Å². The van der Waals surface area contributed by atoms with E-state index in [0.29, 0.717) is 23.4 Å². The number of hydrogen-bond donors (Lipinski definition) is 1. The van der Waals surface area contributed by atoms with Crippen molar-refractivity contribution in [3.8, 4) is 0 Å². The van der Waals surface area contributed by atoms with Gasteiger partial charge in [-0.3, -0.25) is 14.5 Å². The second kappa shape index (κ2) is 7.67. The maximum Gasteiger partial charge on any atom is 0.345 e. The van der Waals surface area contributed by atoms with Crippen molar-refractivity contribution in [3.63, 3.8) is 0 Å². The number of hydrazone groups is 1. The summed E-state index contributed by atoms with van der Waals surface area (Å²) in [7, 11) is 0. The molecule has 1 aromatic carbocycles. The third-order valence-corrected chi connectivity index (χ3v) is 8.09. The maximum absolute atomic E-state index is 13.6. The van der Waals surface area contributed by atoms with Gasteiger partial charge in [0.25, 0.3) is 0 Å². The predicted octanol–water partition coefficient (Wildman–Crippen LogP) is 4.55. The van der Waals surface area contributed by atoms with Gasteiger partial charge in [-0.2, -0.15) is 5.10 Å². The lowest BCUT2D eigenvalue weighted by Gasteiger charge is -2.57. The van der Waals surface area contributed by atoms with Crippen LogP contribution in [-0.4, -0.2) is 46.7 Å². The highest BCUT2D eigenvalue weighted by Gasteiger charge is 2.54. The Balaban J connectivity index is 1.63. The summed E-state index contributed by atoms with van der Waals surface area (Å²) in [6.45, 7) is 4.85. The van der Waals surface area contributed by atoms with Gasteiger partial charge in [-0.05, 0) is 62.3 Å². The van der Waals surface area contributed by atoms with Crippen LogP contribution >= 0.6 is 0 Å². The van der Waals surface area contributed by atoms with Crippen molar-refractivity contribution in [2.45, 2.75) is 59.3 Å². The quantitative estimate of drug-likeness (QED) is 0.711. The van der Waals surface area contributed by atoms with Gasteiger partial charge in [-0.25, -0.2) is 9.80 Å². The number of anilines is 1. The first kappa shape index (κ1) is 22.1. The molecule has 0 radical (unpaired) electrons. The minimum absolute atomic E-state index is 0.0841. The molecule has 1 aliphatic heterocycles. The summed E-state index contributed by atoms with van der Waals surface area (Å²) in [5.74, 6) is 0.828. The number of para-hydroxylation sites is 1. The number of benzene rings is 1. The van der Waals surface area contributed by atoms with Crippen LogP contribution in [-0.2, 0) is 9.59 Å². The highest BCUT2D eigenvalue weighted by atomic mass is 16.4. The molecule has 7 heteroatoms. The fraction of sp³-hybridized carbons (Fsp3) is 0.615. The first-order valence-corrected chi connectivity index (χ1v) is 12.1. The van der Waals surface area contributed by atoms with E-state index in [-0.39, 0.29) is 17.7 Å². The summed E-state index contributed by atoms with van der Waals surface area (Å²) in [5, 5.41) is 15.5. The number of hydrogen-bond acceptors (Lipinski definition) is 4. The zero-order valence-electron chi connectivity index (χ0n) is 19.7. The largest absolute Gasteiger partial charge is 0.480 e. The maximum atomic E-state index is 13.6. The van der Waals surface area contributed by atoms with Gasteiger partial charge in [-0.15, -0.1) is 0 Å². The molecule has 0 spiro atoms. The SMILES string of the molecule is CC(C)(C)C(=O)CN1C(=O)N(CC(=O)O)N=C(C23CC4CC(CC(C4)C2)C3)c2ccccc21. The Morgan fingerprint density at radius 1 is 1.03 bits per heavy atom. The van der Waals surface area contributed by atoms with Gasteiger partial charge < -0.3 is 5.11 Å². The monoisotopic (exact) mass is 451 g/mol. The molecule has 1 aromatic rings. The molecule has 5 aliphatic rings. The molecule has 7 nitrogen and oxygen atoms in total. The van der Waals surface area contributed by atoms with E-state index in [1.165, 1.54) is 24.2 Å². The second-order valence-corrected chi connectivity index (χ2v) is 11.7. The number of carboxylic acids is 1. The first-order valence-electron chi connectivity index (χ1n) is 12.1. The fourth-order valence-corrected chi connectivity index (χ4v) is 6.93. The van der Waals surface area contributed by atoms with Crippen LogP contribution in [0, 0.1) is 28.6 Å². The standard InChI is InChI=1S/C26H33N3O4/c1-25(2,3)21(30)14-28-20-7-5-4-6-19(20)23(27-29(24(28)33)15-22(31)32)26-11-16-8-17(12-26)10-18(9-16)13-26/h4-7,16-18H,8-15H2,1-3H3,(H,31,32). The van der Waals surface area contributed by atoms with E-state index in [2.05, 4.69) is 0 Å². The Labute approximate surface area is 194 Å². The molecule has 0 unspecified atom stereocenters. The Hall–Kier alpha value is -2.70. The summed E-state index contributed by atoms with van der Waals surface area (Å²) in [5.41, 5.74) is 1.61. The number of carbonyl (C=O) groups is 3. The number of amides is 2. The minimum Gasteiger partial charge on any atom is -0.480 e. The van der Waals surface area contributed by atoms with Gasteiger partial charge in [0.1, 0.15) is 6.54 Å². The van der Waals surface area contributed by atoms with Crippen molar-refractivity contribution in [3.05, 3.63) is 29.8 Å². The fourth-order valence-electron chi connectivity index (χ4n) is 6.93. The van der Waals surface area contributed by atoms with Crippen LogP contribution in [0.1, 0.15) is 64.9 Å². The molecule has 0 atom stereocenters. The zero-order valence-corrected chi connectivity index (χ0v) is 19.7. The highest BCUT2D eigenvalue weighted by molar-refractivity contribution is 6.14. The molecule has 4 bridgehead atoms. The number of urea groups is 1. The molecule has 0 saturated heterocycles. The van der Waals surface area contributed by atoms with Gasteiger partial charge in [0, 0.05) is 16.4 Å². The van der Waals surface area contributed by atoms with Gasteiger partial charge >= 0.3 is 12.0 Å². The van der Waals surface area contributed by atoms with Crippen molar-refractivity contribution in [2.75, 3.05) is 18.0 Å². The molecule has 176 valence electrons. The summed E-state index contributed by atoms with van der Waals surface area (Å²) in [6, 6.07) is 7.10. The van der Waals surface area contributed by atoms with Crippen LogP contribution < -0.4 is 4.90 Å². The third kappa shape index (κ3) is 3.85. The molecule has 0 aromatic heterocycles. The van der Waals surface area contributed by atoms with Crippen molar-refractivity contribution < 1.29 is 19.5 Å². The lowest BCUT2D eigenvalue weighted by Crippen LogP contribution is -2.50. The number of Topliss-reactive ketones (excluding diaryl/α,β-unsaturated/α-hetero) is 1. The number of carboxylic acid groups (broad SMARTS) is 1. The summed E-state index contributed by atoms with van der Waals surface area (Å²) < 4.78 is 0. The van der Waals surface area contributed by atoms with Crippen LogP contribution in [0.15, 0.2) is 29.4 Å². The molecule has 2 amide bonds. The van der Waals surface area contributed by atoms with Crippen molar-refractivity contribution in [1.29, 1.82) is 0 Å². The van der Waals surface area contributed by atoms with Crippen molar-refractivity contribution in [2.24, 2.45) is 33.7 Å². The summed E-state index contributed by atoms with van der Waals surface area (Å²) in [6.07, 6.45) is 6.96. The average molecular weight is 452 g/mol. The van der Waals surface area contributed by atoms with Crippen LogP contribution in [0.5, 0.6) is 0 Å². The molecule has 6 rings (SSSR count). The van der Waals surface area contributed by atoms with Gasteiger partial charge in [0.15, 0.2) is 5.78 Å². The van der Waals surface area contributed by atoms with E-state index in [9.17, 15) is 19.5 Å². The van der Waals surface area contributed by atoms with E-state index in [1.807, 2.05) is 45.0 Å². The average Bonchev–Trinajstić information content (AvgIpc) is 2.82. The third-order valence-electron chi connectivity index (χ3n) is 8.09. The van der Waals surface area contributed by atoms with E-state index in [1.54, 1.807) is 0 Å². The van der Waals surface area contributed by atoms with Crippen LogP contribution in [0.4, 0.5) is 10.5 Å². The molecule has 33 heavy (non-hydrogen) atoms. The number of fused-ring (bicyclic) bond motifs is 1. The molecular formula is C26H33N3O4. The van der Waals surface area contributed by atoms with E-state index < -0.39 is 24.0 Å². The second-order valence-electron chi connectivity index (χ2n) is 11.7. The molecule has 4 aliphatic carbocycles. The van der Waals surface area contributed by atoms with Gasteiger partial charge in [0.2, 0.25) is 0 Å². The van der Waals surface area contributed by atoms with Crippen molar-refractivity contribution >= 4 is 29.2 Å². The Morgan fingerprint density at radius 2 is 1.61 bits per heavy atom. The number of carbonyl (C=O) groups excluding carboxylic acids is 2. The Kier molecular flexibility index (Phi) is 5.14. The number of rotatable bonds is 5. The Bertz CT molecular complexity index is 1000. The zero-order chi connectivity index (χ0) is 23.5. The highest BCUT2D eigenvalue weighted by Crippen LogP contribution is 2.61. The lowest BCUT2D eigenvalue weighted by atomic mass is 9.48. The summed E-state index contributed by atoms with van der Waals surface area (Å²) in [4.78, 5) is 39.7. The van der Waals surface area contributed by atoms with Crippen LogP contribution in [0.2, 0.25) is 0 Å². The van der Waals surface area contributed by atoms with Gasteiger partial charge in [-0.1, -0.05) is 39.0 Å². The normalized spacial score (nSPS) is 30.7. The molecule has 4 saturated carbocycles. The topological polar surface area (TPSA) is 90.3 Å². The molecule has 1 heterocycles. The molecule has 4 fully saturated rings. The predicted molar refractivity (Wildman–Crippen MR) is 125 cm³/mol. The van der Waals surface area contributed by atoms with E-state index >= 15 is 0 Å². The Morgan fingerprint density at radius 3 is 2.15 bits per heavy atom. The first-order chi connectivity index (χ1) is 15.6. The smallest absolute Gasteiger partial charge is 0.345 e. The minimum atomic E-state index is -1.12. The number of aliphatic carboxylic acids is 1. The number of nitrogens with zero attached hydrogens (tertiary/aromatic N) is 3. The molecule has 1 N–H and O–H groups in total. The van der Waals surface area contributed by atoms with Gasteiger partial charge in [0.05, 0.1) is 17.9 Å². The lowest BCUT2D eigenvalue weighted by molar-refractivity contribution is -0.137. The van der Waals surface area contributed by atoms with Crippen molar-refractivity contribution in [1.82, 2.24) is 5.01 Å².